The zero-order chi connectivity index (χ0) is 15.6. The molecular weight excluding hydrogens is 264 g/mol. The van der Waals surface area contributed by atoms with Crippen LogP contribution in [0.15, 0.2) is 0 Å². The molecule has 2 atom stereocenters. The Bertz CT molecular complexity index is 263. The summed E-state index contributed by atoms with van der Waals surface area (Å²) in [6, 6.07) is 0. The highest BCUT2D eigenvalue weighted by atomic mass is 16.5. The van der Waals surface area contributed by atoms with E-state index in [2.05, 4.69) is 31.0 Å². The van der Waals surface area contributed by atoms with Gasteiger partial charge in [0.2, 0.25) is 0 Å². The van der Waals surface area contributed by atoms with Crippen LogP contribution in [-0.4, -0.2) is 61.0 Å². The summed E-state index contributed by atoms with van der Waals surface area (Å²) >= 11 is 0. The van der Waals surface area contributed by atoms with Crippen molar-refractivity contribution >= 4 is 0 Å². The molecule has 1 rings (SSSR count). The van der Waals surface area contributed by atoms with E-state index in [4.69, 9.17) is 4.74 Å². The van der Waals surface area contributed by atoms with Gasteiger partial charge in [-0.3, -0.25) is 0 Å². The number of piperidine rings is 1. The normalized spacial score (nSPS) is 23.1. The molecule has 0 bridgehead atoms. The molecule has 2 unspecified atom stereocenters. The average molecular weight is 300 g/mol. The van der Waals surface area contributed by atoms with Crippen molar-refractivity contribution < 1.29 is 9.84 Å². The molecule has 0 radical (unpaired) electrons. The Labute approximate surface area is 131 Å². The van der Waals surface area contributed by atoms with Gasteiger partial charge in [-0.25, -0.2) is 0 Å². The monoisotopic (exact) mass is 300 g/mol. The zero-order valence-corrected chi connectivity index (χ0v) is 14.4. The highest BCUT2D eigenvalue weighted by Gasteiger charge is 2.22. The van der Waals surface area contributed by atoms with E-state index in [-0.39, 0.29) is 12.1 Å². The van der Waals surface area contributed by atoms with Gasteiger partial charge in [0.05, 0.1) is 12.7 Å². The van der Waals surface area contributed by atoms with Crippen molar-refractivity contribution in [2.24, 2.45) is 0 Å². The number of nitrogens with zero attached hydrogens (tertiary/aromatic N) is 1. The van der Waals surface area contributed by atoms with Gasteiger partial charge < -0.3 is 20.1 Å². The van der Waals surface area contributed by atoms with E-state index in [9.17, 15) is 5.11 Å². The Morgan fingerprint density at radius 3 is 2.81 bits per heavy atom. The van der Waals surface area contributed by atoms with E-state index in [0.717, 1.165) is 32.5 Å². The van der Waals surface area contributed by atoms with Crippen LogP contribution >= 0.6 is 0 Å². The van der Waals surface area contributed by atoms with Crippen molar-refractivity contribution in [3.05, 3.63) is 0 Å². The Balaban J connectivity index is 2.16. The highest BCUT2D eigenvalue weighted by molar-refractivity contribution is 4.82. The lowest BCUT2D eigenvalue weighted by molar-refractivity contribution is -0.000526. The quantitative estimate of drug-likeness (QED) is 0.575. The number of hydrogen-bond acceptors (Lipinski definition) is 4. The maximum Gasteiger partial charge on any atom is 0.0702 e. The van der Waals surface area contributed by atoms with Crippen LogP contribution in [-0.2, 0) is 4.74 Å². The SMILES string of the molecule is CCCOC1CCCN(CCCCC(C)(CO)NCC)C1. The Morgan fingerprint density at radius 2 is 2.14 bits per heavy atom. The molecule has 0 aromatic carbocycles. The maximum atomic E-state index is 9.49. The van der Waals surface area contributed by atoms with Crippen LogP contribution in [0.1, 0.15) is 59.3 Å². The molecule has 1 heterocycles. The summed E-state index contributed by atoms with van der Waals surface area (Å²) < 4.78 is 5.89. The largest absolute Gasteiger partial charge is 0.394 e. The van der Waals surface area contributed by atoms with Gasteiger partial charge in [-0.2, -0.15) is 0 Å². The number of aliphatic hydroxyl groups is 1. The molecule has 4 heteroatoms. The second-order valence-corrected chi connectivity index (χ2v) is 6.64. The second-order valence-electron chi connectivity index (χ2n) is 6.64. The summed E-state index contributed by atoms with van der Waals surface area (Å²) in [5.41, 5.74) is -0.108. The number of nitrogens with one attached hydrogen (secondary N) is 1. The average Bonchev–Trinajstić information content (AvgIpc) is 2.50. The molecule has 0 aliphatic carbocycles. The molecular formula is C17H36N2O2. The molecule has 4 nitrogen and oxygen atoms in total. The van der Waals surface area contributed by atoms with Crippen molar-refractivity contribution in [3.63, 3.8) is 0 Å². The van der Waals surface area contributed by atoms with Crippen LogP contribution < -0.4 is 5.32 Å². The van der Waals surface area contributed by atoms with Gasteiger partial charge in [0.25, 0.3) is 0 Å². The highest BCUT2D eigenvalue weighted by Crippen LogP contribution is 2.16. The van der Waals surface area contributed by atoms with Gasteiger partial charge in [-0.1, -0.05) is 20.3 Å². The lowest BCUT2D eigenvalue weighted by Crippen LogP contribution is -2.45. The molecule has 0 saturated carbocycles. The first-order valence-corrected chi connectivity index (χ1v) is 8.83. The van der Waals surface area contributed by atoms with Gasteiger partial charge in [-0.15, -0.1) is 0 Å². The number of ether oxygens (including phenoxy) is 1. The van der Waals surface area contributed by atoms with E-state index < -0.39 is 0 Å². The topological polar surface area (TPSA) is 44.7 Å². The molecule has 1 saturated heterocycles. The van der Waals surface area contributed by atoms with Crippen LogP contribution in [0.3, 0.4) is 0 Å². The van der Waals surface area contributed by atoms with Crippen LogP contribution in [0, 0.1) is 0 Å². The maximum absolute atomic E-state index is 9.49. The first kappa shape index (κ1) is 18.9. The molecule has 0 aromatic heterocycles. The van der Waals surface area contributed by atoms with Gasteiger partial charge in [0.15, 0.2) is 0 Å². The molecule has 2 N–H and O–H groups in total. The summed E-state index contributed by atoms with van der Waals surface area (Å²) in [6.45, 7) is 11.9. The summed E-state index contributed by atoms with van der Waals surface area (Å²) in [7, 11) is 0. The van der Waals surface area contributed by atoms with Crippen LogP contribution in [0.2, 0.25) is 0 Å². The summed E-state index contributed by atoms with van der Waals surface area (Å²) in [5.74, 6) is 0. The lowest BCUT2D eigenvalue weighted by atomic mass is 9.95. The molecule has 0 spiro atoms. The number of hydrogen-bond donors (Lipinski definition) is 2. The van der Waals surface area contributed by atoms with Crippen LogP contribution in [0.4, 0.5) is 0 Å². The third kappa shape index (κ3) is 7.59. The van der Waals surface area contributed by atoms with Gasteiger partial charge in [-0.05, 0) is 58.7 Å². The van der Waals surface area contributed by atoms with Gasteiger partial charge in [0, 0.05) is 18.7 Å². The molecule has 1 fully saturated rings. The molecule has 1 aliphatic heterocycles. The number of rotatable bonds is 11. The number of likely N-dealkylation sites (N-methyl/N-ethyl adjacent to an activating group) is 1. The van der Waals surface area contributed by atoms with E-state index >= 15 is 0 Å². The predicted molar refractivity (Wildman–Crippen MR) is 88.7 cm³/mol. The van der Waals surface area contributed by atoms with Gasteiger partial charge in [0.1, 0.15) is 0 Å². The van der Waals surface area contributed by atoms with Crippen molar-refractivity contribution in [1.29, 1.82) is 0 Å². The van der Waals surface area contributed by atoms with Crippen LogP contribution in [0.5, 0.6) is 0 Å². The number of likely N-dealkylation sites (tertiary alicyclic amines) is 1. The van der Waals surface area contributed by atoms with Crippen molar-refractivity contribution in [2.75, 3.05) is 39.4 Å². The zero-order valence-electron chi connectivity index (χ0n) is 14.4. The summed E-state index contributed by atoms with van der Waals surface area (Å²) in [6.07, 6.45) is 7.47. The minimum Gasteiger partial charge on any atom is -0.394 e. The van der Waals surface area contributed by atoms with E-state index in [1.807, 2.05) is 0 Å². The summed E-state index contributed by atoms with van der Waals surface area (Å²) in [5, 5.41) is 12.9. The van der Waals surface area contributed by atoms with E-state index in [1.54, 1.807) is 0 Å². The smallest absolute Gasteiger partial charge is 0.0702 e. The molecule has 0 aromatic rings. The standard InChI is InChI=1S/C17H36N2O2/c1-4-13-21-16-9-8-12-19(14-16)11-7-6-10-17(3,15-20)18-5-2/h16,18,20H,4-15H2,1-3H3. The Morgan fingerprint density at radius 1 is 1.33 bits per heavy atom. The lowest BCUT2D eigenvalue weighted by Gasteiger charge is -2.33. The first-order chi connectivity index (χ1) is 10.1. The fraction of sp³-hybridized carbons (Fsp3) is 1.00. The summed E-state index contributed by atoms with van der Waals surface area (Å²) in [4.78, 5) is 2.55. The van der Waals surface area contributed by atoms with Crippen molar-refractivity contribution in [2.45, 2.75) is 70.9 Å². The third-order valence-electron chi connectivity index (χ3n) is 4.43. The third-order valence-corrected chi connectivity index (χ3v) is 4.43. The van der Waals surface area contributed by atoms with Crippen molar-refractivity contribution in [1.82, 2.24) is 10.2 Å². The minimum atomic E-state index is -0.108. The number of aliphatic hydroxyl groups excluding tert-OH is 1. The first-order valence-electron chi connectivity index (χ1n) is 8.83. The molecule has 0 amide bonds. The second kappa shape index (κ2) is 10.5. The fourth-order valence-corrected chi connectivity index (χ4v) is 3.14. The Kier molecular flexibility index (Phi) is 9.49. The minimum absolute atomic E-state index is 0.108. The van der Waals surface area contributed by atoms with E-state index in [0.29, 0.717) is 6.10 Å². The molecule has 21 heavy (non-hydrogen) atoms. The fourth-order valence-electron chi connectivity index (χ4n) is 3.14. The Hall–Kier alpha value is -0.160. The van der Waals surface area contributed by atoms with Crippen molar-refractivity contribution in [3.8, 4) is 0 Å². The van der Waals surface area contributed by atoms with E-state index in [1.165, 1.54) is 38.8 Å². The molecule has 1 aliphatic rings. The predicted octanol–water partition coefficient (Wildman–Crippen LogP) is 2.41. The van der Waals surface area contributed by atoms with Gasteiger partial charge >= 0.3 is 0 Å². The molecule has 126 valence electrons. The number of unbranched alkanes of at least 4 members (excludes halogenated alkanes) is 1. The van der Waals surface area contributed by atoms with Crippen LogP contribution in [0.25, 0.3) is 0 Å².